The van der Waals surface area contributed by atoms with Gasteiger partial charge in [0.2, 0.25) is 41.4 Å². The van der Waals surface area contributed by atoms with Crippen LogP contribution in [0, 0.1) is 5.92 Å². The van der Waals surface area contributed by atoms with Crippen molar-refractivity contribution in [2.45, 2.75) is 121 Å². The maximum atomic E-state index is 14.0. The summed E-state index contributed by atoms with van der Waals surface area (Å²) in [5.41, 5.74) is 32.3. The summed E-state index contributed by atoms with van der Waals surface area (Å²) in [6.45, 7) is 8.40. The Morgan fingerprint density at radius 1 is 0.656 bits per heavy atom. The second-order valence-corrected chi connectivity index (χ2v) is 16.5. The molecule has 0 spiro atoms. The number of carbonyl (C=O) groups is 7. The zero-order valence-corrected chi connectivity index (χ0v) is 36.9. The molecule has 0 bridgehead atoms. The largest absolute Gasteiger partial charge is 0.370 e. The molecule has 0 unspecified atom stereocenters. The highest BCUT2D eigenvalue weighted by Crippen LogP contribution is 2.11. The molecule has 0 saturated carbocycles. The van der Waals surface area contributed by atoms with Crippen molar-refractivity contribution in [1.29, 1.82) is 0 Å². The van der Waals surface area contributed by atoms with Gasteiger partial charge in [0.15, 0.2) is 11.9 Å². The number of nitrogens with one attached hydrogen (secondary N) is 6. The van der Waals surface area contributed by atoms with Gasteiger partial charge in [-0.05, 0) is 82.8 Å². The van der Waals surface area contributed by atoms with E-state index in [1.165, 1.54) is 32.5 Å². The minimum atomic E-state index is -1.63. The quantitative estimate of drug-likeness (QED) is 0.0232. The lowest BCUT2D eigenvalue weighted by Gasteiger charge is -2.30. The highest BCUT2D eigenvalue weighted by molar-refractivity contribution is 7.98. The number of thioether (sulfide) groups is 1. The van der Waals surface area contributed by atoms with Crippen LogP contribution in [0.2, 0.25) is 0 Å². The third-order valence-electron chi connectivity index (χ3n) is 9.15. The Kier molecular flexibility index (Phi) is 23.8. The molecule has 18 N–H and O–H groups in total. The number of guanidine groups is 2. The van der Waals surface area contributed by atoms with Crippen LogP contribution in [-0.2, 0) is 40.0 Å². The van der Waals surface area contributed by atoms with Gasteiger partial charge in [0, 0.05) is 19.5 Å². The first-order chi connectivity index (χ1) is 28.6. The lowest BCUT2D eigenvalue weighted by molar-refractivity contribution is -0.137. The minimum Gasteiger partial charge on any atom is -0.370 e. The van der Waals surface area contributed by atoms with Gasteiger partial charge in [-0.25, -0.2) is 0 Å². The van der Waals surface area contributed by atoms with Crippen molar-refractivity contribution >= 4 is 65.0 Å². The highest BCUT2D eigenvalue weighted by atomic mass is 32.2. The van der Waals surface area contributed by atoms with Crippen LogP contribution in [0.1, 0.15) is 78.7 Å². The number of hydrogen-bond donors (Lipinski definition) is 12. The van der Waals surface area contributed by atoms with Gasteiger partial charge in [-0.15, -0.1) is 0 Å². The summed E-state index contributed by atoms with van der Waals surface area (Å²) in [6.07, 6.45) is 3.34. The molecule has 7 amide bonds. The van der Waals surface area contributed by atoms with Crippen molar-refractivity contribution in [3.63, 3.8) is 0 Å². The molecular weight excluding hydrogens is 809 g/mol. The van der Waals surface area contributed by atoms with Crippen molar-refractivity contribution < 1.29 is 33.6 Å². The molecule has 0 saturated heterocycles. The van der Waals surface area contributed by atoms with Gasteiger partial charge >= 0.3 is 0 Å². The summed E-state index contributed by atoms with van der Waals surface area (Å²) >= 11 is 1.45. The van der Waals surface area contributed by atoms with Gasteiger partial charge in [-0.3, -0.25) is 43.5 Å². The average molecular weight is 877 g/mol. The molecule has 1 aromatic carbocycles. The Hall–Kier alpha value is -5.64. The number of benzene rings is 1. The molecule has 6 atom stereocenters. The standard InChI is InChI=1S/C39H68N14O7S/c1-22(2)20-28(30(41)54)51-34(58)27(16-19-61-6)49-31(55)23(3)48-36(60)39(4,5)53-35(59)29(21-24-12-8-7-9-13-24)52-33(57)26(15-11-18-47-38(44)45)50-32(56)25(40)14-10-17-46-37(42)43/h7-9,12-13,22-23,25-29H,10-11,14-21,40H2,1-6H3,(H2,41,54)(H,48,60)(H,49,55)(H,50,56)(H,51,58)(H,52,57)(H,53,59)(H4,42,43,46)(H4,44,45,47)/t23-,25-,26-,27-,28-,29-/m0/s1. The Morgan fingerprint density at radius 2 is 1.16 bits per heavy atom. The van der Waals surface area contributed by atoms with Crippen molar-refractivity contribution in [3.05, 3.63) is 35.9 Å². The average Bonchev–Trinajstić information content (AvgIpc) is 3.17. The van der Waals surface area contributed by atoms with Crippen LogP contribution in [0.4, 0.5) is 0 Å². The van der Waals surface area contributed by atoms with E-state index in [1.807, 2.05) is 20.1 Å². The van der Waals surface area contributed by atoms with Crippen LogP contribution in [-0.4, -0.2) is 120 Å². The number of nitrogens with zero attached hydrogens (tertiary/aromatic N) is 2. The molecule has 342 valence electrons. The molecule has 0 aliphatic carbocycles. The molecule has 0 aliphatic rings. The molecule has 0 aliphatic heterocycles. The maximum Gasteiger partial charge on any atom is 0.245 e. The summed E-state index contributed by atoms with van der Waals surface area (Å²) in [6, 6.07) is 2.26. The third-order valence-corrected chi connectivity index (χ3v) is 9.80. The fraction of sp³-hybridized carbons (Fsp3) is 0.615. The van der Waals surface area contributed by atoms with Crippen LogP contribution in [0.3, 0.4) is 0 Å². The van der Waals surface area contributed by atoms with Gasteiger partial charge in [-0.2, -0.15) is 11.8 Å². The molecule has 21 nitrogen and oxygen atoms in total. The molecule has 0 heterocycles. The number of carbonyl (C=O) groups excluding carboxylic acids is 7. The number of primary amides is 1. The molecule has 1 aromatic rings. The molecule has 0 aromatic heterocycles. The molecule has 61 heavy (non-hydrogen) atoms. The number of aliphatic imine (C=N–C) groups is 2. The second kappa shape index (κ2) is 27.3. The van der Waals surface area contributed by atoms with E-state index >= 15 is 0 Å². The van der Waals surface area contributed by atoms with Crippen LogP contribution >= 0.6 is 11.8 Å². The Morgan fingerprint density at radius 3 is 1.69 bits per heavy atom. The lowest BCUT2D eigenvalue weighted by Crippen LogP contribution is -2.63. The van der Waals surface area contributed by atoms with E-state index in [0.717, 1.165) is 0 Å². The van der Waals surface area contributed by atoms with Gasteiger partial charge < -0.3 is 66.3 Å². The zero-order valence-electron chi connectivity index (χ0n) is 36.1. The molecular formula is C39H68N14O7S. The fourth-order valence-corrected chi connectivity index (χ4v) is 6.19. The summed E-state index contributed by atoms with van der Waals surface area (Å²) < 4.78 is 0. The fourth-order valence-electron chi connectivity index (χ4n) is 5.72. The van der Waals surface area contributed by atoms with Crippen LogP contribution in [0.5, 0.6) is 0 Å². The number of nitrogens with two attached hydrogens (primary N) is 6. The van der Waals surface area contributed by atoms with E-state index in [1.54, 1.807) is 30.3 Å². The number of amides is 7. The van der Waals surface area contributed by atoms with E-state index in [9.17, 15) is 33.6 Å². The van der Waals surface area contributed by atoms with E-state index < -0.39 is 83.1 Å². The van der Waals surface area contributed by atoms with Crippen LogP contribution < -0.4 is 66.3 Å². The normalized spacial score (nSPS) is 14.1. The Bertz CT molecular complexity index is 1670. The topological polar surface area (TPSA) is 373 Å². The number of hydrogen-bond acceptors (Lipinski definition) is 11. The van der Waals surface area contributed by atoms with Crippen molar-refractivity contribution in [2.75, 3.05) is 25.1 Å². The highest BCUT2D eigenvalue weighted by Gasteiger charge is 2.36. The first-order valence-electron chi connectivity index (χ1n) is 20.1. The first-order valence-corrected chi connectivity index (χ1v) is 21.5. The predicted molar refractivity (Wildman–Crippen MR) is 237 cm³/mol. The van der Waals surface area contributed by atoms with Gasteiger partial charge in [-0.1, -0.05) is 44.2 Å². The second-order valence-electron chi connectivity index (χ2n) is 15.6. The van der Waals surface area contributed by atoms with E-state index in [4.69, 9.17) is 34.4 Å². The molecule has 0 radical (unpaired) electrons. The van der Waals surface area contributed by atoms with Crippen LogP contribution in [0.15, 0.2) is 40.3 Å². The van der Waals surface area contributed by atoms with Crippen molar-refractivity contribution in [1.82, 2.24) is 31.9 Å². The lowest BCUT2D eigenvalue weighted by atomic mass is 9.99. The smallest absolute Gasteiger partial charge is 0.245 e. The first kappa shape index (κ1) is 53.4. The van der Waals surface area contributed by atoms with E-state index in [0.29, 0.717) is 24.2 Å². The summed E-state index contributed by atoms with van der Waals surface area (Å²) in [7, 11) is 0. The predicted octanol–water partition coefficient (Wildman–Crippen LogP) is -2.71. The third kappa shape index (κ3) is 21.4. The summed E-state index contributed by atoms with van der Waals surface area (Å²) in [5, 5.41) is 15.9. The van der Waals surface area contributed by atoms with Gasteiger partial charge in [0.25, 0.3) is 0 Å². The summed E-state index contributed by atoms with van der Waals surface area (Å²) in [4.78, 5) is 101. The van der Waals surface area contributed by atoms with Gasteiger partial charge in [0.05, 0.1) is 6.04 Å². The van der Waals surface area contributed by atoms with E-state index in [-0.39, 0.29) is 63.0 Å². The van der Waals surface area contributed by atoms with E-state index in [2.05, 4.69) is 41.9 Å². The van der Waals surface area contributed by atoms with Crippen LogP contribution in [0.25, 0.3) is 0 Å². The van der Waals surface area contributed by atoms with Crippen molar-refractivity contribution in [2.24, 2.45) is 50.3 Å². The molecule has 1 rings (SSSR count). The summed E-state index contributed by atoms with van der Waals surface area (Å²) in [5.74, 6) is -4.49. The SMILES string of the molecule is CSCC[C@H](NC(=O)[C@H](C)NC(=O)C(C)(C)NC(=O)[C@H](Cc1ccccc1)NC(=O)[C@H](CCCN=C(N)N)NC(=O)[C@@H](N)CCCN=C(N)N)C(=O)N[C@@H](CC(C)C)C(N)=O. The monoisotopic (exact) mass is 877 g/mol. The Balaban J connectivity index is 3.22. The zero-order chi connectivity index (χ0) is 46.3. The molecule has 22 heteroatoms. The maximum absolute atomic E-state index is 14.0. The van der Waals surface area contributed by atoms with Gasteiger partial charge in [0.1, 0.15) is 35.7 Å². The Labute approximate surface area is 362 Å². The minimum absolute atomic E-state index is 0.00116. The van der Waals surface area contributed by atoms with Crippen molar-refractivity contribution in [3.8, 4) is 0 Å². The number of rotatable bonds is 28. The molecule has 0 fully saturated rings.